The number of aliphatic carboxylic acids is 1. The predicted octanol–water partition coefficient (Wildman–Crippen LogP) is -0.00770. The van der Waals surface area contributed by atoms with Gasteiger partial charge in [-0.25, -0.2) is 0 Å². The van der Waals surface area contributed by atoms with E-state index in [0.717, 1.165) is 0 Å². The van der Waals surface area contributed by atoms with Crippen LogP contribution in [0.5, 0.6) is 0 Å². The summed E-state index contributed by atoms with van der Waals surface area (Å²) in [6, 6.07) is 0. The zero-order chi connectivity index (χ0) is 11.6. The Hall–Kier alpha value is -0.420. The van der Waals surface area contributed by atoms with Gasteiger partial charge in [-0.1, -0.05) is 13.8 Å². The Morgan fingerprint density at radius 2 is 1.93 bits per heavy atom. The van der Waals surface area contributed by atoms with Crippen LogP contribution < -0.4 is 5.73 Å². The Labute approximate surface area is 82.3 Å². The summed E-state index contributed by atoms with van der Waals surface area (Å²) in [6.45, 7) is 3.21. The summed E-state index contributed by atoms with van der Waals surface area (Å²) in [5.74, 6) is -1.62. The molecule has 0 aromatic carbocycles. The third-order valence-electron chi connectivity index (χ3n) is 2.25. The van der Waals surface area contributed by atoms with Crippen molar-refractivity contribution in [3.05, 3.63) is 0 Å². The van der Waals surface area contributed by atoms with E-state index in [-0.39, 0.29) is 12.3 Å². The van der Waals surface area contributed by atoms with Crippen LogP contribution in [0, 0.1) is 5.92 Å². The number of nitrogens with two attached hydrogens (primary N) is 1. The number of rotatable bonds is 5. The zero-order valence-corrected chi connectivity index (χ0v) is 9.07. The highest BCUT2D eigenvalue weighted by Gasteiger charge is 2.38. The van der Waals surface area contributed by atoms with E-state index in [2.05, 4.69) is 0 Å². The van der Waals surface area contributed by atoms with Crippen molar-refractivity contribution in [3.63, 3.8) is 0 Å². The van der Waals surface area contributed by atoms with Crippen molar-refractivity contribution in [1.29, 1.82) is 0 Å². The molecule has 0 aliphatic heterocycles. The lowest BCUT2D eigenvalue weighted by atomic mass is 9.85. The quantitative estimate of drug-likeness (QED) is 0.488. The summed E-state index contributed by atoms with van der Waals surface area (Å²) >= 11 is 0. The molecule has 1 atom stereocenters. The molecule has 0 aliphatic carbocycles. The Morgan fingerprint density at radius 3 is 2.14 bits per heavy atom. The van der Waals surface area contributed by atoms with E-state index < -0.39 is 25.3 Å². The predicted molar refractivity (Wildman–Crippen MR) is 50.9 cm³/mol. The third-order valence-corrected chi connectivity index (χ3v) is 3.05. The van der Waals surface area contributed by atoms with Crippen molar-refractivity contribution in [1.82, 2.24) is 0 Å². The Bertz CT molecular complexity index is 261. The largest absolute Gasteiger partial charge is 0.480 e. The van der Waals surface area contributed by atoms with Crippen molar-refractivity contribution < 1.29 is 24.3 Å². The first kappa shape index (κ1) is 13.6. The maximum absolute atomic E-state index is 10.8. The monoisotopic (exact) mass is 225 g/mol. The van der Waals surface area contributed by atoms with Crippen LogP contribution in [0.15, 0.2) is 0 Å². The minimum Gasteiger partial charge on any atom is -0.480 e. The molecule has 0 spiro atoms. The standard InChI is InChI=1S/C7H16NO5P/c1-5(2)7(8,6(9)10)3-4-14(11,12)13/h5H,3-4,8H2,1-2H3,(H,9,10)(H2,11,12,13). The van der Waals surface area contributed by atoms with Crippen LogP contribution in [0.4, 0.5) is 0 Å². The molecule has 1 unspecified atom stereocenters. The van der Waals surface area contributed by atoms with Crippen LogP contribution >= 0.6 is 7.60 Å². The summed E-state index contributed by atoms with van der Waals surface area (Å²) in [7, 11) is -4.18. The van der Waals surface area contributed by atoms with Gasteiger partial charge in [-0.3, -0.25) is 9.36 Å². The van der Waals surface area contributed by atoms with Crippen LogP contribution in [-0.4, -0.2) is 32.6 Å². The number of carboxylic acid groups (broad SMARTS) is 1. The van der Waals surface area contributed by atoms with E-state index in [1.807, 2.05) is 0 Å². The number of hydrogen-bond acceptors (Lipinski definition) is 3. The Balaban J connectivity index is 4.56. The lowest BCUT2D eigenvalue weighted by molar-refractivity contribution is -0.145. The van der Waals surface area contributed by atoms with E-state index in [4.69, 9.17) is 20.6 Å². The average molecular weight is 225 g/mol. The molecular weight excluding hydrogens is 209 g/mol. The third kappa shape index (κ3) is 3.75. The second-order valence-corrected chi connectivity index (χ2v) is 5.42. The van der Waals surface area contributed by atoms with Crippen molar-refractivity contribution in [2.45, 2.75) is 25.8 Å². The first-order valence-electron chi connectivity index (χ1n) is 4.16. The van der Waals surface area contributed by atoms with Gasteiger partial charge in [-0.15, -0.1) is 0 Å². The van der Waals surface area contributed by atoms with Crippen molar-refractivity contribution in [3.8, 4) is 0 Å². The molecule has 7 heteroatoms. The molecule has 0 aromatic rings. The van der Waals surface area contributed by atoms with Gasteiger partial charge in [0.05, 0.1) is 6.16 Å². The molecule has 0 heterocycles. The highest BCUT2D eigenvalue weighted by atomic mass is 31.2. The van der Waals surface area contributed by atoms with Crippen molar-refractivity contribution in [2.24, 2.45) is 11.7 Å². The fourth-order valence-electron chi connectivity index (χ4n) is 0.973. The minimum atomic E-state index is -4.18. The molecule has 0 bridgehead atoms. The molecule has 84 valence electrons. The van der Waals surface area contributed by atoms with Gasteiger partial charge >= 0.3 is 13.6 Å². The molecule has 0 aromatic heterocycles. The van der Waals surface area contributed by atoms with Gasteiger partial charge in [0, 0.05) is 0 Å². The van der Waals surface area contributed by atoms with E-state index in [1.165, 1.54) is 0 Å². The fraction of sp³-hybridized carbons (Fsp3) is 0.857. The molecule has 0 saturated heterocycles. The lowest BCUT2D eigenvalue weighted by Crippen LogP contribution is -2.53. The van der Waals surface area contributed by atoms with E-state index in [9.17, 15) is 9.36 Å². The van der Waals surface area contributed by atoms with Gasteiger partial charge in [-0.2, -0.15) is 0 Å². The number of hydrogen-bond donors (Lipinski definition) is 4. The average Bonchev–Trinajstić information content (AvgIpc) is 1.97. The molecule has 0 rings (SSSR count). The van der Waals surface area contributed by atoms with Crippen molar-refractivity contribution >= 4 is 13.6 Å². The summed E-state index contributed by atoms with van der Waals surface area (Å²) in [4.78, 5) is 28.0. The summed E-state index contributed by atoms with van der Waals surface area (Å²) in [5, 5.41) is 8.82. The molecule has 5 N–H and O–H groups in total. The van der Waals surface area contributed by atoms with Gasteiger partial charge in [0.15, 0.2) is 0 Å². The van der Waals surface area contributed by atoms with E-state index in [1.54, 1.807) is 13.8 Å². The van der Waals surface area contributed by atoms with Gasteiger partial charge < -0.3 is 20.6 Å². The fourth-order valence-corrected chi connectivity index (χ4v) is 1.63. The molecule has 0 radical (unpaired) electrons. The number of carbonyl (C=O) groups is 1. The summed E-state index contributed by atoms with van der Waals surface area (Å²) in [6.07, 6.45) is -0.738. The Morgan fingerprint density at radius 1 is 1.50 bits per heavy atom. The van der Waals surface area contributed by atoms with Crippen LogP contribution in [0.2, 0.25) is 0 Å². The summed E-state index contributed by atoms with van der Waals surface area (Å²) < 4.78 is 10.6. The topological polar surface area (TPSA) is 121 Å². The molecular formula is C7H16NO5P. The SMILES string of the molecule is CC(C)C(N)(CCP(=O)(O)O)C(=O)O. The minimum absolute atomic E-state index is 0.232. The van der Waals surface area contributed by atoms with Crippen LogP contribution in [0.3, 0.4) is 0 Å². The van der Waals surface area contributed by atoms with Crippen molar-refractivity contribution in [2.75, 3.05) is 6.16 Å². The first-order chi connectivity index (χ1) is 6.09. The molecule has 0 fully saturated rings. The highest BCUT2D eigenvalue weighted by Crippen LogP contribution is 2.37. The van der Waals surface area contributed by atoms with E-state index in [0.29, 0.717) is 0 Å². The van der Waals surface area contributed by atoms with Crippen LogP contribution in [0.25, 0.3) is 0 Å². The van der Waals surface area contributed by atoms with Gasteiger partial charge in [0.2, 0.25) is 0 Å². The lowest BCUT2D eigenvalue weighted by Gasteiger charge is -2.28. The van der Waals surface area contributed by atoms with Crippen LogP contribution in [0.1, 0.15) is 20.3 Å². The highest BCUT2D eigenvalue weighted by molar-refractivity contribution is 7.51. The molecule has 14 heavy (non-hydrogen) atoms. The zero-order valence-electron chi connectivity index (χ0n) is 8.17. The molecule has 0 aliphatic rings. The van der Waals surface area contributed by atoms with E-state index >= 15 is 0 Å². The molecule has 0 amide bonds. The molecule has 6 nitrogen and oxygen atoms in total. The maximum Gasteiger partial charge on any atom is 0.325 e. The molecule has 0 saturated carbocycles. The summed E-state index contributed by atoms with van der Waals surface area (Å²) in [5.41, 5.74) is 3.98. The van der Waals surface area contributed by atoms with Gasteiger partial charge in [-0.05, 0) is 12.3 Å². The maximum atomic E-state index is 10.8. The van der Waals surface area contributed by atoms with Gasteiger partial charge in [0.25, 0.3) is 0 Å². The number of carboxylic acids is 1. The second-order valence-electron chi connectivity index (χ2n) is 3.64. The first-order valence-corrected chi connectivity index (χ1v) is 5.96. The normalized spacial score (nSPS) is 16.7. The van der Waals surface area contributed by atoms with Gasteiger partial charge in [0.1, 0.15) is 5.54 Å². The second kappa shape index (κ2) is 4.40. The van der Waals surface area contributed by atoms with Crippen LogP contribution in [-0.2, 0) is 9.36 Å². The Kier molecular flexibility index (Phi) is 4.27. The smallest absolute Gasteiger partial charge is 0.325 e.